The van der Waals surface area contributed by atoms with Crippen LogP contribution in [0.3, 0.4) is 0 Å². The van der Waals surface area contributed by atoms with Crippen LogP contribution in [0.2, 0.25) is 0 Å². The van der Waals surface area contributed by atoms with E-state index in [9.17, 15) is 10.1 Å². The van der Waals surface area contributed by atoms with Crippen molar-refractivity contribution in [2.45, 2.75) is 57.0 Å². The van der Waals surface area contributed by atoms with Gasteiger partial charge < -0.3 is 10.2 Å². The third kappa shape index (κ3) is 4.64. The Bertz CT molecular complexity index is 981. The van der Waals surface area contributed by atoms with Crippen molar-refractivity contribution < 1.29 is 4.79 Å². The van der Waals surface area contributed by atoms with Crippen molar-refractivity contribution in [1.29, 1.82) is 5.26 Å². The second-order valence-electron chi connectivity index (χ2n) is 9.28. The van der Waals surface area contributed by atoms with Gasteiger partial charge >= 0.3 is 0 Å². The van der Waals surface area contributed by atoms with E-state index in [-0.39, 0.29) is 0 Å². The number of hydrogen-bond acceptors (Lipinski definition) is 6. The van der Waals surface area contributed by atoms with E-state index in [4.69, 9.17) is 0 Å². The summed E-state index contributed by atoms with van der Waals surface area (Å²) in [7, 11) is 0. The molecule has 1 aliphatic heterocycles. The summed E-state index contributed by atoms with van der Waals surface area (Å²) in [5.41, 5.74) is 1.49. The number of carbonyl (C=O) groups is 1. The fourth-order valence-electron chi connectivity index (χ4n) is 5.05. The van der Waals surface area contributed by atoms with Gasteiger partial charge in [-0.05, 0) is 62.6 Å². The molecule has 1 aromatic heterocycles. The van der Waals surface area contributed by atoms with Crippen molar-refractivity contribution >= 4 is 22.6 Å². The van der Waals surface area contributed by atoms with E-state index in [1.54, 1.807) is 12.4 Å². The number of nitrogens with one attached hydrogen (secondary N) is 1. The van der Waals surface area contributed by atoms with Gasteiger partial charge in [-0.3, -0.25) is 9.69 Å². The number of aromatic nitrogens is 2. The van der Waals surface area contributed by atoms with Crippen molar-refractivity contribution in [3.8, 4) is 6.07 Å². The average Bonchev–Trinajstić information content (AvgIpc) is 3.63. The van der Waals surface area contributed by atoms with Gasteiger partial charge in [0.05, 0.1) is 17.1 Å². The van der Waals surface area contributed by atoms with Crippen molar-refractivity contribution in [1.82, 2.24) is 19.8 Å². The van der Waals surface area contributed by atoms with Crippen molar-refractivity contribution in [2.24, 2.45) is 5.92 Å². The molecule has 5 rings (SSSR count). The van der Waals surface area contributed by atoms with Crippen molar-refractivity contribution in [3.63, 3.8) is 0 Å². The number of anilines is 1. The monoisotopic (exact) mass is 418 g/mol. The molecule has 2 aromatic rings. The third-order valence-electron chi connectivity index (χ3n) is 7.15. The number of amides is 1. The van der Waals surface area contributed by atoms with Crippen LogP contribution in [0, 0.1) is 17.2 Å². The highest BCUT2D eigenvalue weighted by Crippen LogP contribution is 2.33. The minimum absolute atomic E-state index is 0.367. The number of nitrogens with zero attached hydrogens (tertiary/aromatic N) is 5. The molecule has 1 saturated heterocycles. The zero-order valence-electron chi connectivity index (χ0n) is 18.0. The van der Waals surface area contributed by atoms with E-state index in [0.29, 0.717) is 29.5 Å². The largest absolute Gasteiger partial charge is 0.367 e. The maximum absolute atomic E-state index is 12.4. The molecule has 3 aliphatic rings. The predicted molar refractivity (Wildman–Crippen MR) is 119 cm³/mol. The molecule has 2 aliphatic carbocycles. The summed E-state index contributed by atoms with van der Waals surface area (Å²) in [5.74, 6) is 1.87. The number of hydrogen-bond donors (Lipinski definition) is 1. The molecule has 1 N–H and O–H groups in total. The van der Waals surface area contributed by atoms with E-state index in [1.165, 1.54) is 25.7 Å². The normalized spacial score (nSPS) is 24.7. The molecule has 7 heteroatoms. The van der Waals surface area contributed by atoms with Crippen LogP contribution in [0.25, 0.3) is 10.9 Å². The van der Waals surface area contributed by atoms with Crippen LogP contribution >= 0.6 is 0 Å². The van der Waals surface area contributed by atoms with Gasteiger partial charge in [0.1, 0.15) is 12.1 Å². The van der Waals surface area contributed by atoms with E-state index in [1.807, 2.05) is 12.1 Å². The van der Waals surface area contributed by atoms with Gasteiger partial charge in [0.15, 0.2) is 0 Å². The SMILES string of the molecule is N#Cc1ccc2ncnc(NC3CCC(N4CCN(C(=O)CC5CC5)CC4)CC3)c2c1. The van der Waals surface area contributed by atoms with Gasteiger partial charge in [-0.1, -0.05) is 0 Å². The maximum Gasteiger partial charge on any atom is 0.222 e. The summed E-state index contributed by atoms with van der Waals surface area (Å²) in [4.78, 5) is 25.8. The molecule has 2 heterocycles. The van der Waals surface area contributed by atoms with E-state index in [2.05, 4.69) is 31.2 Å². The number of rotatable bonds is 5. The van der Waals surface area contributed by atoms with Crippen molar-refractivity contribution in [3.05, 3.63) is 30.1 Å². The number of benzene rings is 1. The average molecular weight is 419 g/mol. The number of carbonyl (C=O) groups excluding carboxylic acids is 1. The van der Waals surface area contributed by atoms with Gasteiger partial charge in [0, 0.05) is 50.1 Å². The van der Waals surface area contributed by atoms with Gasteiger partial charge in [0.25, 0.3) is 0 Å². The molecule has 0 atom stereocenters. The Balaban J connectivity index is 1.13. The topological polar surface area (TPSA) is 85.2 Å². The van der Waals surface area contributed by atoms with Gasteiger partial charge in [0.2, 0.25) is 5.91 Å². The van der Waals surface area contributed by atoms with Gasteiger partial charge in [-0.25, -0.2) is 9.97 Å². The highest BCUT2D eigenvalue weighted by molar-refractivity contribution is 5.89. The molecule has 1 aromatic carbocycles. The Hall–Kier alpha value is -2.72. The molecule has 3 fully saturated rings. The first-order chi connectivity index (χ1) is 15.2. The Kier molecular flexibility index (Phi) is 5.73. The molecule has 0 spiro atoms. The summed E-state index contributed by atoms with van der Waals surface area (Å²) < 4.78 is 0. The molecule has 162 valence electrons. The predicted octanol–water partition coefficient (Wildman–Crippen LogP) is 3.17. The highest BCUT2D eigenvalue weighted by Gasteiger charge is 2.32. The summed E-state index contributed by atoms with van der Waals surface area (Å²) >= 11 is 0. The second-order valence-corrected chi connectivity index (χ2v) is 9.28. The second kappa shape index (κ2) is 8.80. The maximum atomic E-state index is 12.4. The van der Waals surface area contributed by atoms with Crippen molar-refractivity contribution in [2.75, 3.05) is 31.5 Å². The molecule has 7 nitrogen and oxygen atoms in total. The van der Waals surface area contributed by atoms with Crippen LogP contribution in [-0.2, 0) is 4.79 Å². The fraction of sp³-hybridized carbons (Fsp3) is 0.583. The van der Waals surface area contributed by atoms with Gasteiger partial charge in [-0.2, -0.15) is 5.26 Å². The third-order valence-corrected chi connectivity index (χ3v) is 7.15. The molecule has 0 radical (unpaired) electrons. The first kappa shape index (κ1) is 20.2. The van der Waals surface area contributed by atoms with Crippen LogP contribution in [-0.4, -0.2) is 63.9 Å². The highest BCUT2D eigenvalue weighted by atomic mass is 16.2. The molecule has 0 unspecified atom stereocenters. The van der Waals surface area contributed by atoms with Crippen LogP contribution in [0.1, 0.15) is 50.5 Å². The zero-order chi connectivity index (χ0) is 21.2. The minimum atomic E-state index is 0.367. The van der Waals surface area contributed by atoms with Gasteiger partial charge in [-0.15, -0.1) is 0 Å². The Morgan fingerprint density at radius 2 is 1.84 bits per heavy atom. The first-order valence-corrected chi connectivity index (χ1v) is 11.6. The molecule has 1 amide bonds. The molecule has 0 bridgehead atoms. The van der Waals surface area contributed by atoms with E-state index >= 15 is 0 Å². The lowest BCUT2D eigenvalue weighted by Gasteiger charge is -2.42. The molecule has 31 heavy (non-hydrogen) atoms. The number of nitriles is 1. The zero-order valence-corrected chi connectivity index (χ0v) is 18.0. The van der Waals surface area contributed by atoms with Crippen LogP contribution < -0.4 is 5.32 Å². The quantitative estimate of drug-likeness (QED) is 0.803. The summed E-state index contributed by atoms with van der Waals surface area (Å²) in [6.07, 6.45) is 9.39. The minimum Gasteiger partial charge on any atom is -0.367 e. The lowest BCUT2D eigenvalue weighted by Crippen LogP contribution is -2.53. The smallest absolute Gasteiger partial charge is 0.222 e. The van der Waals surface area contributed by atoms with E-state index < -0.39 is 0 Å². The standard InChI is InChI=1S/C24H30N6O/c25-15-18-3-8-22-21(13-18)24(27-16-26-22)28-19-4-6-20(7-5-19)29-9-11-30(12-10-29)23(31)14-17-1-2-17/h3,8,13,16-17,19-20H,1-2,4-7,9-12,14H2,(H,26,27,28). The van der Waals surface area contributed by atoms with Crippen LogP contribution in [0.4, 0.5) is 5.82 Å². The summed E-state index contributed by atoms with van der Waals surface area (Å²) in [6.45, 7) is 3.79. The number of fused-ring (bicyclic) bond motifs is 1. The Labute approximate surface area is 183 Å². The first-order valence-electron chi connectivity index (χ1n) is 11.6. The fourth-order valence-corrected chi connectivity index (χ4v) is 5.05. The Morgan fingerprint density at radius 3 is 2.55 bits per heavy atom. The van der Waals surface area contributed by atoms with E-state index in [0.717, 1.165) is 62.2 Å². The van der Waals surface area contributed by atoms with Crippen LogP contribution in [0.5, 0.6) is 0 Å². The van der Waals surface area contributed by atoms with Crippen LogP contribution in [0.15, 0.2) is 24.5 Å². The lowest BCUT2D eigenvalue weighted by molar-refractivity contribution is -0.133. The molecule has 2 saturated carbocycles. The summed E-state index contributed by atoms with van der Waals surface area (Å²) in [6, 6.07) is 8.75. The lowest BCUT2D eigenvalue weighted by atomic mass is 9.89. The Morgan fingerprint density at radius 1 is 1.06 bits per heavy atom. The summed E-state index contributed by atoms with van der Waals surface area (Å²) in [5, 5.41) is 13.7. The number of piperazine rings is 1. The molecular formula is C24H30N6O. The molecular weight excluding hydrogens is 388 g/mol.